The van der Waals surface area contributed by atoms with Crippen LogP contribution in [-0.4, -0.2) is 24.7 Å². The van der Waals surface area contributed by atoms with Crippen molar-refractivity contribution in [3.8, 4) is 0 Å². The first kappa shape index (κ1) is 11.4. The number of methoxy groups -OCH3 is 1. The molecule has 0 aromatic carbocycles. The van der Waals surface area contributed by atoms with Crippen molar-refractivity contribution in [2.75, 3.05) is 13.0 Å². The fourth-order valence-corrected chi connectivity index (χ4v) is 0.927. The second kappa shape index (κ2) is 7.10. The lowest BCUT2D eigenvalue weighted by atomic mass is 10.1. The number of hydrogen-bond acceptors (Lipinski definition) is 3. The summed E-state index contributed by atoms with van der Waals surface area (Å²) in [5.41, 5.74) is 0. The first-order valence-corrected chi connectivity index (χ1v) is 4.38. The van der Waals surface area contributed by atoms with Gasteiger partial charge in [-0.25, -0.2) is 0 Å². The van der Waals surface area contributed by atoms with Gasteiger partial charge in [0.2, 0.25) is 0 Å². The minimum Gasteiger partial charge on any atom is -0.469 e. The molecule has 70 valence electrons. The van der Waals surface area contributed by atoms with Gasteiger partial charge in [-0.3, -0.25) is 9.59 Å². The first-order chi connectivity index (χ1) is 5.70. The Bertz CT molecular complexity index is 156. The maximum Gasteiger partial charge on any atom is 0.313 e. The number of hydrogen-bond donors (Lipinski definition) is 0. The molecule has 0 aliphatic carbocycles. The van der Waals surface area contributed by atoms with E-state index < -0.39 is 5.97 Å². The zero-order valence-electron chi connectivity index (χ0n) is 7.14. The third kappa shape index (κ3) is 6.16. The molecule has 0 aromatic rings. The van der Waals surface area contributed by atoms with Crippen molar-refractivity contribution in [3.63, 3.8) is 0 Å². The predicted octanol–water partition coefficient (Wildman–Crippen LogP) is 1.53. The van der Waals surface area contributed by atoms with E-state index in [-0.39, 0.29) is 12.2 Å². The number of Topliss-reactive ketones (excluding diaryl/α,β-unsaturated/α-hetero) is 1. The van der Waals surface area contributed by atoms with Crippen molar-refractivity contribution in [3.05, 3.63) is 0 Å². The van der Waals surface area contributed by atoms with Crippen molar-refractivity contribution in [1.29, 1.82) is 0 Å². The summed E-state index contributed by atoms with van der Waals surface area (Å²) < 4.78 is 4.34. The van der Waals surface area contributed by atoms with E-state index in [1.165, 1.54) is 7.11 Å². The lowest BCUT2D eigenvalue weighted by Crippen LogP contribution is -2.08. The average molecular weight is 193 g/mol. The number of ketones is 1. The van der Waals surface area contributed by atoms with Gasteiger partial charge in [-0.15, -0.1) is 11.6 Å². The Morgan fingerprint density at radius 3 is 2.50 bits per heavy atom. The van der Waals surface area contributed by atoms with Crippen molar-refractivity contribution < 1.29 is 14.3 Å². The summed E-state index contributed by atoms with van der Waals surface area (Å²) in [5.74, 6) is 0.0173. The van der Waals surface area contributed by atoms with E-state index in [0.717, 1.165) is 12.8 Å². The summed E-state index contributed by atoms with van der Waals surface area (Å²) in [4.78, 5) is 21.5. The molecule has 3 nitrogen and oxygen atoms in total. The SMILES string of the molecule is COC(=O)CC(=O)CCCCCl. The van der Waals surface area contributed by atoms with Gasteiger partial charge in [0.25, 0.3) is 0 Å². The fraction of sp³-hybridized carbons (Fsp3) is 0.750. The minimum absolute atomic E-state index is 0.0769. The third-order valence-electron chi connectivity index (χ3n) is 1.41. The van der Waals surface area contributed by atoms with Gasteiger partial charge in [0, 0.05) is 12.3 Å². The predicted molar refractivity (Wildman–Crippen MR) is 46.2 cm³/mol. The normalized spacial score (nSPS) is 9.50. The molecule has 0 aliphatic heterocycles. The number of alkyl halides is 1. The first-order valence-electron chi connectivity index (χ1n) is 3.85. The van der Waals surface area contributed by atoms with Crippen LogP contribution in [0.1, 0.15) is 25.7 Å². The fourth-order valence-electron chi connectivity index (χ4n) is 0.738. The monoisotopic (exact) mass is 192 g/mol. The number of carbonyl (C=O) groups is 2. The highest BCUT2D eigenvalue weighted by atomic mass is 35.5. The molecule has 0 atom stereocenters. The van der Waals surface area contributed by atoms with Gasteiger partial charge in [-0.1, -0.05) is 0 Å². The molecule has 0 unspecified atom stereocenters. The number of esters is 1. The minimum atomic E-state index is -0.467. The number of unbranched alkanes of at least 4 members (excludes halogenated alkanes) is 1. The summed E-state index contributed by atoms with van der Waals surface area (Å²) in [7, 11) is 1.27. The second-order valence-electron chi connectivity index (χ2n) is 2.44. The second-order valence-corrected chi connectivity index (χ2v) is 2.82. The molecule has 4 heteroatoms. The van der Waals surface area contributed by atoms with E-state index in [2.05, 4.69) is 4.74 Å². The molecule has 0 heterocycles. The molecule has 0 amide bonds. The quantitative estimate of drug-likeness (QED) is 0.278. The van der Waals surface area contributed by atoms with E-state index >= 15 is 0 Å². The molecule has 0 bridgehead atoms. The topological polar surface area (TPSA) is 43.4 Å². The lowest BCUT2D eigenvalue weighted by Gasteiger charge is -1.97. The smallest absolute Gasteiger partial charge is 0.313 e. The Labute approximate surface area is 77.0 Å². The molecular formula is C8H13ClO3. The molecular weight excluding hydrogens is 180 g/mol. The Hall–Kier alpha value is -0.570. The van der Waals surface area contributed by atoms with Gasteiger partial charge < -0.3 is 4.74 Å². The zero-order valence-corrected chi connectivity index (χ0v) is 7.89. The van der Waals surface area contributed by atoms with Gasteiger partial charge >= 0.3 is 5.97 Å². The third-order valence-corrected chi connectivity index (χ3v) is 1.68. The van der Waals surface area contributed by atoms with E-state index in [0.29, 0.717) is 12.3 Å². The van der Waals surface area contributed by atoms with Crippen LogP contribution in [0.3, 0.4) is 0 Å². The number of halogens is 1. The van der Waals surface area contributed by atoms with Crippen LogP contribution in [0, 0.1) is 0 Å². The molecule has 0 aromatic heterocycles. The van der Waals surface area contributed by atoms with Gasteiger partial charge in [-0.2, -0.15) is 0 Å². The van der Waals surface area contributed by atoms with Gasteiger partial charge in [0.1, 0.15) is 12.2 Å². The van der Waals surface area contributed by atoms with Crippen molar-refractivity contribution in [2.45, 2.75) is 25.7 Å². The van der Waals surface area contributed by atoms with E-state index in [9.17, 15) is 9.59 Å². The highest BCUT2D eigenvalue weighted by molar-refractivity contribution is 6.17. The van der Waals surface area contributed by atoms with E-state index in [1.807, 2.05) is 0 Å². The van der Waals surface area contributed by atoms with Crippen LogP contribution in [0.4, 0.5) is 0 Å². The van der Waals surface area contributed by atoms with E-state index in [1.54, 1.807) is 0 Å². The largest absolute Gasteiger partial charge is 0.469 e. The highest BCUT2D eigenvalue weighted by Crippen LogP contribution is 2.01. The Morgan fingerprint density at radius 2 is 2.00 bits per heavy atom. The summed E-state index contributed by atoms with van der Waals surface area (Å²) in [6, 6.07) is 0. The number of ether oxygens (including phenoxy) is 1. The molecule has 12 heavy (non-hydrogen) atoms. The van der Waals surface area contributed by atoms with Gasteiger partial charge in [0.15, 0.2) is 0 Å². The molecule has 0 rings (SSSR count). The van der Waals surface area contributed by atoms with Gasteiger partial charge in [-0.05, 0) is 12.8 Å². The van der Waals surface area contributed by atoms with Crippen LogP contribution in [0.15, 0.2) is 0 Å². The Morgan fingerprint density at radius 1 is 1.33 bits per heavy atom. The van der Waals surface area contributed by atoms with Crippen LogP contribution in [-0.2, 0) is 14.3 Å². The number of carbonyl (C=O) groups excluding carboxylic acids is 2. The highest BCUT2D eigenvalue weighted by Gasteiger charge is 2.08. The van der Waals surface area contributed by atoms with Crippen LogP contribution < -0.4 is 0 Å². The maximum absolute atomic E-state index is 10.9. The Balaban J connectivity index is 3.40. The number of rotatable bonds is 6. The van der Waals surface area contributed by atoms with Crippen LogP contribution in [0.5, 0.6) is 0 Å². The molecule has 0 aliphatic rings. The summed E-state index contributed by atoms with van der Waals surface area (Å²) in [5, 5.41) is 0. The van der Waals surface area contributed by atoms with Crippen LogP contribution in [0.2, 0.25) is 0 Å². The molecule has 0 saturated carbocycles. The Kier molecular flexibility index (Phi) is 6.76. The molecule has 0 saturated heterocycles. The van der Waals surface area contributed by atoms with Crippen LogP contribution in [0.25, 0.3) is 0 Å². The molecule has 0 N–H and O–H groups in total. The van der Waals surface area contributed by atoms with Crippen molar-refractivity contribution >= 4 is 23.4 Å². The lowest BCUT2D eigenvalue weighted by molar-refractivity contribution is -0.143. The average Bonchev–Trinajstić information content (AvgIpc) is 2.05. The maximum atomic E-state index is 10.9. The molecule has 0 radical (unpaired) electrons. The summed E-state index contributed by atoms with van der Waals surface area (Å²) in [6.07, 6.45) is 1.87. The summed E-state index contributed by atoms with van der Waals surface area (Å²) in [6.45, 7) is 0. The van der Waals surface area contributed by atoms with Crippen molar-refractivity contribution in [1.82, 2.24) is 0 Å². The van der Waals surface area contributed by atoms with E-state index in [4.69, 9.17) is 11.6 Å². The zero-order chi connectivity index (χ0) is 9.40. The summed E-state index contributed by atoms with van der Waals surface area (Å²) >= 11 is 5.42. The van der Waals surface area contributed by atoms with Crippen molar-refractivity contribution in [2.24, 2.45) is 0 Å². The molecule has 0 fully saturated rings. The van der Waals surface area contributed by atoms with Gasteiger partial charge in [0.05, 0.1) is 7.11 Å². The van der Waals surface area contributed by atoms with Crippen LogP contribution >= 0.6 is 11.6 Å². The standard InChI is InChI=1S/C8H13ClO3/c1-12-8(11)6-7(10)4-2-3-5-9/h2-6H2,1H3. The molecule has 0 spiro atoms.